The number of rotatable bonds is 5. The molecule has 0 aliphatic heterocycles. The van der Waals surface area contributed by atoms with Gasteiger partial charge in [-0.25, -0.2) is 30.7 Å². The molecule has 0 N–H and O–H groups in total. The lowest BCUT2D eigenvalue weighted by Gasteiger charge is -2.11. The Kier molecular flexibility index (Phi) is 7.20. The number of ether oxygens (including phenoxy) is 1. The average molecular weight is 502 g/mol. The molecule has 0 heterocycles. The van der Waals surface area contributed by atoms with Gasteiger partial charge in [0.2, 0.25) is 0 Å². The van der Waals surface area contributed by atoms with Gasteiger partial charge in [-0.2, -0.15) is 0 Å². The third-order valence-corrected chi connectivity index (χ3v) is 5.42. The predicted octanol–water partition coefficient (Wildman–Crippen LogP) is 8.06. The van der Waals surface area contributed by atoms with E-state index in [0.29, 0.717) is 6.42 Å². The summed E-state index contributed by atoms with van der Waals surface area (Å²) in [5, 5.41) is -0.186. The van der Waals surface area contributed by atoms with Crippen LogP contribution in [-0.2, 0) is 0 Å². The number of hydrogen-bond donors (Lipinski definition) is 0. The van der Waals surface area contributed by atoms with Crippen LogP contribution in [0.15, 0.2) is 48.5 Å². The Hall–Kier alpha value is -3.99. The molecule has 4 rings (SSSR count). The molecule has 0 spiro atoms. The van der Waals surface area contributed by atoms with Crippen molar-refractivity contribution in [3.05, 3.63) is 100 Å². The zero-order valence-electron chi connectivity index (χ0n) is 18.8. The Morgan fingerprint density at radius 3 is 2.00 bits per heavy atom. The van der Waals surface area contributed by atoms with Crippen LogP contribution in [0.25, 0.3) is 21.9 Å². The van der Waals surface area contributed by atoms with Crippen LogP contribution in [0, 0.1) is 52.6 Å². The van der Waals surface area contributed by atoms with Crippen molar-refractivity contribution in [2.24, 2.45) is 0 Å². The van der Waals surface area contributed by atoms with E-state index in [9.17, 15) is 30.7 Å². The molecule has 0 saturated carbocycles. The molecule has 0 bridgehead atoms. The molecule has 0 unspecified atom stereocenters. The van der Waals surface area contributed by atoms with E-state index in [1.165, 1.54) is 12.1 Å². The van der Waals surface area contributed by atoms with Gasteiger partial charge in [0.05, 0.1) is 17.7 Å². The lowest BCUT2D eigenvalue weighted by Crippen LogP contribution is -2.00. The molecule has 0 radical (unpaired) electrons. The van der Waals surface area contributed by atoms with Crippen molar-refractivity contribution < 1.29 is 35.5 Å². The van der Waals surface area contributed by atoms with Gasteiger partial charge in [0.1, 0.15) is 29.0 Å². The fourth-order valence-corrected chi connectivity index (χ4v) is 3.60. The summed E-state index contributed by atoms with van der Waals surface area (Å²) in [5.41, 5.74) is -1.52. The number of halogens is 7. The average Bonchev–Trinajstić information content (AvgIpc) is 2.82. The molecule has 0 atom stereocenters. The summed E-state index contributed by atoms with van der Waals surface area (Å²) in [7, 11) is 0. The Labute approximate surface area is 202 Å². The molecular formula is C28H17F7O. The molecular weight excluding hydrogens is 485 g/mol. The number of benzene rings is 4. The van der Waals surface area contributed by atoms with E-state index in [4.69, 9.17) is 4.74 Å². The second kappa shape index (κ2) is 10.3. The zero-order valence-corrected chi connectivity index (χ0v) is 18.8. The molecule has 0 saturated heterocycles. The van der Waals surface area contributed by atoms with Gasteiger partial charge in [0.25, 0.3) is 0 Å². The number of fused-ring (bicyclic) bond motifs is 1. The fraction of sp³-hybridized carbons (Fsp3) is 0.143. The SMILES string of the molecule is CCCCOc1cc(F)c(-c2cc(F)c(C#Cc3ccc4c(F)c(F)c(F)cc4c3)c(F)c2)c(F)c1. The third-order valence-electron chi connectivity index (χ3n) is 5.42. The van der Waals surface area contributed by atoms with Crippen molar-refractivity contribution in [2.75, 3.05) is 6.61 Å². The molecule has 4 aromatic carbocycles. The summed E-state index contributed by atoms with van der Waals surface area (Å²) in [6.07, 6.45) is 1.52. The van der Waals surface area contributed by atoms with E-state index < -0.39 is 51.8 Å². The summed E-state index contributed by atoms with van der Waals surface area (Å²) in [6.45, 7) is 2.19. The zero-order chi connectivity index (χ0) is 26.0. The van der Waals surface area contributed by atoms with Crippen LogP contribution < -0.4 is 4.74 Å². The van der Waals surface area contributed by atoms with E-state index in [-0.39, 0.29) is 34.3 Å². The summed E-state index contributed by atoms with van der Waals surface area (Å²) in [6, 6.07) is 7.82. The highest BCUT2D eigenvalue weighted by atomic mass is 19.2. The minimum atomic E-state index is -1.61. The van der Waals surface area contributed by atoms with Gasteiger partial charge in [-0.1, -0.05) is 31.3 Å². The van der Waals surface area contributed by atoms with Crippen LogP contribution in [0.4, 0.5) is 30.7 Å². The second-order valence-corrected chi connectivity index (χ2v) is 7.95. The molecule has 1 nitrogen and oxygen atoms in total. The van der Waals surface area contributed by atoms with Crippen molar-refractivity contribution >= 4 is 10.8 Å². The maximum Gasteiger partial charge on any atom is 0.195 e. The molecule has 0 aliphatic rings. The quantitative estimate of drug-likeness (QED) is 0.116. The largest absolute Gasteiger partial charge is 0.493 e. The molecule has 0 amide bonds. The first kappa shape index (κ1) is 25.1. The van der Waals surface area contributed by atoms with Gasteiger partial charge in [0.15, 0.2) is 17.5 Å². The summed E-state index contributed by atoms with van der Waals surface area (Å²) >= 11 is 0. The Balaban J connectivity index is 1.66. The molecule has 0 aromatic heterocycles. The Bertz CT molecular complexity index is 1490. The maximum atomic E-state index is 14.7. The van der Waals surface area contributed by atoms with Crippen LogP contribution >= 0.6 is 0 Å². The highest BCUT2D eigenvalue weighted by molar-refractivity contribution is 5.84. The molecule has 36 heavy (non-hydrogen) atoms. The molecule has 8 heteroatoms. The van der Waals surface area contributed by atoms with Crippen molar-refractivity contribution in [2.45, 2.75) is 19.8 Å². The van der Waals surface area contributed by atoms with E-state index in [1.807, 2.05) is 6.92 Å². The molecule has 184 valence electrons. The monoisotopic (exact) mass is 502 g/mol. The van der Waals surface area contributed by atoms with Gasteiger partial charge >= 0.3 is 0 Å². The van der Waals surface area contributed by atoms with E-state index in [1.54, 1.807) is 0 Å². The van der Waals surface area contributed by atoms with E-state index in [2.05, 4.69) is 11.8 Å². The molecule has 4 aromatic rings. The first-order valence-corrected chi connectivity index (χ1v) is 10.9. The van der Waals surface area contributed by atoms with Crippen molar-refractivity contribution in [3.8, 4) is 28.7 Å². The fourth-order valence-electron chi connectivity index (χ4n) is 3.60. The first-order chi connectivity index (χ1) is 17.2. The standard InChI is InChI=1S/C28H17F7O/c1-2-3-8-36-18-13-23(31)26(24(32)14-18)17-11-21(29)20(22(30)12-17)7-5-15-4-6-19-16(9-15)10-25(33)28(35)27(19)34/h4,6,9-14H,2-3,8H2,1H3. The van der Waals surface area contributed by atoms with Gasteiger partial charge in [-0.05, 0) is 47.7 Å². The Morgan fingerprint density at radius 2 is 1.36 bits per heavy atom. The highest BCUT2D eigenvalue weighted by Crippen LogP contribution is 2.32. The van der Waals surface area contributed by atoms with Gasteiger partial charge < -0.3 is 4.74 Å². The van der Waals surface area contributed by atoms with Crippen LogP contribution in [0.1, 0.15) is 30.9 Å². The predicted molar refractivity (Wildman–Crippen MR) is 122 cm³/mol. The van der Waals surface area contributed by atoms with Crippen molar-refractivity contribution in [1.29, 1.82) is 0 Å². The third kappa shape index (κ3) is 5.01. The first-order valence-electron chi connectivity index (χ1n) is 10.9. The van der Waals surface area contributed by atoms with E-state index >= 15 is 0 Å². The van der Waals surface area contributed by atoms with Crippen molar-refractivity contribution in [3.63, 3.8) is 0 Å². The lowest BCUT2D eigenvalue weighted by molar-refractivity contribution is 0.306. The van der Waals surface area contributed by atoms with Crippen molar-refractivity contribution in [1.82, 2.24) is 0 Å². The summed E-state index contributed by atoms with van der Waals surface area (Å²) in [5.74, 6) is -4.09. The summed E-state index contributed by atoms with van der Waals surface area (Å²) in [4.78, 5) is 0. The van der Waals surface area contributed by atoms with Crippen LogP contribution in [-0.4, -0.2) is 6.61 Å². The summed E-state index contributed by atoms with van der Waals surface area (Å²) < 4.78 is 105. The minimum absolute atomic E-state index is 0.00237. The smallest absolute Gasteiger partial charge is 0.195 e. The minimum Gasteiger partial charge on any atom is -0.493 e. The van der Waals surface area contributed by atoms with Gasteiger partial charge in [-0.3, -0.25) is 0 Å². The van der Waals surface area contributed by atoms with E-state index in [0.717, 1.165) is 42.8 Å². The molecule has 0 fully saturated rings. The number of hydrogen-bond acceptors (Lipinski definition) is 1. The topological polar surface area (TPSA) is 9.23 Å². The normalized spacial score (nSPS) is 10.9. The maximum absolute atomic E-state index is 14.7. The van der Waals surface area contributed by atoms with Gasteiger partial charge in [0, 0.05) is 23.1 Å². The second-order valence-electron chi connectivity index (χ2n) is 7.95. The van der Waals surface area contributed by atoms with Crippen LogP contribution in [0.5, 0.6) is 5.75 Å². The highest BCUT2D eigenvalue weighted by Gasteiger charge is 2.18. The molecule has 0 aliphatic carbocycles. The number of unbranched alkanes of at least 4 members (excludes halogenated alkanes) is 1. The Morgan fingerprint density at radius 1 is 0.694 bits per heavy atom. The van der Waals surface area contributed by atoms with Gasteiger partial charge in [-0.15, -0.1) is 0 Å². The van der Waals surface area contributed by atoms with Crippen LogP contribution in [0.2, 0.25) is 0 Å². The van der Waals surface area contributed by atoms with Crippen LogP contribution in [0.3, 0.4) is 0 Å². The lowest BCUT2D eigenvalue weighted by atomic mass is 10.0.